The third-order valence-electron chi connectivity index (χ3n) is 5.25. The average Bonchev–Trinajstić information content (AvgIpc) is 2.72. The summed E-state index contributed by atoms with van der Waals surface area (Å²) in [5.41, 5.74) is 5.67. The van der Waals surface area contributed by atoms with Crippen molar-refractivity contribution in [1.29, 1.82) is 0 Å². The number of anilines is 2. The molecule has 0 spiro atoms. The zero-order valence-electron chi connectivity index (χ0n) is 17.6. The lowest BCUT2D eigenvalue weighted by Gasteiger charge is -2.14. The van der Waals surface area contributed by atoms with Crippen LogP contribution in [0.1, 0.15) is 39.5 Å². The number of hydrogen-bond donors (Lipinski definition) is 2. The molecule has 156 valence electrons. The monoisotopic (exact) mass is 422 g/mol. The maximum absolute atomic E-state index is 12.8. The first kappa shape index (κ1) is 21.6. The summed E-state index contributed by atoms with van der Waals surface area (Å²) in [6, 6.07) is 17.3. The van der Waals surface area contributed by atoms with E-state index in [1.165, 1.54) is 24.3 Å². The number of aryl methyl sites for hydroxylation is 3. The molecule has 0 saturated heterocycles. The molecule has 0 unspecified atom stereocenters. The molecule has 0 aliphatic heterocycles. The number of amides is 1. The van der Waals surface area contributed by atoms with Gasteiger partial charge < -0.3 is 5.32 Å². The number of para-hydroxylation sites is 1. The molecular weight excluding hydrogens is 396 g/mol. The van der Waals surface area contributed by atoms with Gasteiger partial charge in [0.15, 0.2) is 0 Å². The van der Waals surface area contributed by atoms with Gasteiger partial charge in [-0.15, -0.1) is 0 Å². The molecule has 3 aromatic rings. The van der Waals surface area contributed by atoms with Crippen molar-refractivity contribution in [2.45, 2.75) is 39.0 Å². The predicted molar refractivity (Wildman–Crippen MR) is 122 cm³/mol. The first-order valence-electron chi connectivity index (χ1n) is 9.82. The van der Waals surface area contributed by atoms with Crippen molar-refractivity contribution >= 4 is 27.3 Å². The number of carbonyl (C=O) groups excluding carboxylic acids is 1. The molecule has 0 bridgehead atoms. The number of nitrogens with one attached hydrogen (secondary N) is 2. The van der Waals surface area contributed by atoms with Crippen LogP contribution in [0.2, 0.25) is 0 Å². The lowest BCUT2D eigenvalue weighted by Crippen LogP contribution is -2.16. The molecule has 3 aromatic carbocycles. The van der Waals surface area contributed by atoms with E-state index in [0.29, 0.717) is 11.3 Å². The number of rotatable bonds is 6. The fourth-order valence-corrected chi connectivity index (χ4v) is 4.36. The van der Waals surface area contributed by atoms with Crippen LogP contribution in [0.5, 0.6) is 0 Å². The van der Waals surface area contributed by atoms with Crippen molar-refractivity contribution in [3.05, 3.63) is 88.5 Å². The van der Waals surface area contributed by atoms with E-state index < -0.39 is 10.0 Å². The van der Waals surface area contributed by atoms with Crippen LogP contribution >= 0.6 is 0 Å². The van der Waals surface area contributed by atoms with Gasteiger partial charge in [-0.2, -0.15) is 0 Å². The summed E-state index contributed by atoms with van der Waals surface area (Å²) in [6.45, 7) is 7.78. The second-order valence-electron chi connectivity index (χ2n) is 7.29. The first-order chi connectivity index (χ1) is 14.2. The Morgan fingerprint density at radius 3 is 2.17 bits per heavy atom. The van der Waals surface area contributed by atoms with E-state index in [9.17, 15) is 13.2 Å². The lowest BCUT2D eigenvalue weighted by molar-refractivity contribution is 0.102. The minimum Gasteiger partial charge on any atom is -0.321 e. The zero-order valence-corrected chi connectivity index (χ0v) is 18.4. The zero-order chi connectivity index (χ0) is 21.9. The van der Waals surface area contributed by atoms with Crippen LogP contribution in [0.4, 0.5) is 11.4 Å². The van der Waals surface area contributed by atoms with Gasteiger partial charge in [0.1, 0.15) is 0 Å². The highest BCUT2D eigenvalue weighted by Gasteiger charge is 2.17. The number of sulfonamides is 1. The summed E-state index contributed by atoms with van der Waals surface area (Å²) >= 11 is 0. The van der Waals surface area contributed by atoms with Crippen LogP contribution in [0.15, 0.2) is 65.6 Å². The number of hydrogen-bond acceptors (Lipinski definition) is 3. The van der Waals surface area contributed by atoms with E-state index in [1.54, 1.807) is 6.07 Å². The highest BCUT2D eigenvalue weighted by Crippen LogP contribution is 2.24. The maximum atomic E-state index is 12.8. The molecule has 0 atom stereocenters. The van der Waals surface area contributed by atoms with Gasteiger partial charge in [0.25, 0.3) is 15.9 Å². The van der Waals surface area contributed by atoms with Gasteiger partial charge in [-0.25, -0.2) is 8.42 Å². The van der Waals surface area contributed by atoms with E-state index in [2.05, 4.69) is 10.0 Å². The minimum absolute atomic E-state index is 0.102. The lowest BCUT2D eigenvalue weighted by atomic mass is 10.1. The van der Waals surface area contributed by atoms with Crippen LogP contribution in [0, 0.1) is 20.8 Å². The average molecular weight is 423 g/mol. The molecule has 0 aromatic heterocycles. The Labute approximate surface area is 178 Å². The molecule has 3 rings (SSSR count). The van der Waals surface area contributed by atoms with Gasteiger partial charge in [-0.1, -0.05) is 37.3 Å². The largest absolute Gasteiger partial charge is 0.321 e. The van der Waals surface area contributed by atoms with E-state index in [1.807, 2.05) is 58.0 Å². The van der Waals surface area contributed by atoms with Crippen molar-refractivity contribution in [2.75, 3.05) is 10.0 Å². The molecule has 1 amide bonds. The van der Waals surface area contributed by atoms with Gasteiger partial charge in [0.05, 0.1) is 10.6 Å². The number of benzene rings is 3. The quantitative estimate of drug-likeness (QED) is 0.571. The van der Waals surface area contributed by atoms with E-state index in [-0.39, 0.29) is 10.8 Å². The standard InChI is InChI=1S/C24H26N2O3S/c1-5-19-10-6-9-17(3)23(19)25-24(27)20-12-14-21(15-13-20)30(28,29)26-22-11-7-8-16(2)18(22)4/h6-15,26H,5H2,1-4H3,(H,25,27). The van der Waals surface area contributed by atoms with Gasteiger partial charge in [0.2, 0.25) is 0 Å². The summed E-state index contributed by atoms with van der Waals surface area (Å²) in [4.78, 5) is 12.8. The van der Waals surface area contributed by atoms with E-state index in [0.717, 1.165) is 34.4 Å². The molecule has 30 heavy (non-hydrogen) atoms. The van der Waals surface area contributed by atoms with Crippen molar-refractivity contribution < 1.29 is 13.2 Å². The Hall–Kier alpha value is -3.12. The molecule has 0 heterocycles. The number of carbonyl (C=O) groups is 1. The Balaban J connectivity index is 1.80. The van der Waals surface area contributed by atoms with Crippen molar-refractivity contribution in [3.8, 4) is 0 Å². The summed E-state index contributed by atoms with van der Waals surface area (Å²) in [5, 5.41) is 2.95. The first-order valence-corrected chi connectivity index (χ1v) is 11.3. The third kappa shape index (κ3) is 4.54. The fourth-order valence-electron chi connectivity index (χ4n) is 3.24. The Kier molecular flexibility index (Phi) is 6.27. The van der Waals surface area contributed by atoms with Crippen LogP contribution < -0.4 is 10.0 Å². The minimum atomic E-state index is -3.75. The molecule has 0 aliphatic rings. The fraction of sp³-hybridized carbons (Fsp3) is 0.208. The summed E-state index contributed by atoms with van der Waals surface area (Å²) in [5.74, 6) is -0.273. The Bertz CT molecular complexity index is 1180. The van der Waals surface area contributed by atoms with Crippen LogP contribution in [-0.4, -0.2) is 14.3 Å². The Morgan fingerprint density at radius 1 is 0.867 bits per heavy atom. The van der Waals surface area contributed by atoms with Crippen molar-refractivity contribution in [2.24, 2.45) is 0 Å². The van der Waals surface area contributed by atoms with Crippen LogP contribution in [0.25, 0.3) is 0 Å². The molecular formula is C24H26N2O3S. The van der Waals surface area contributed by atoms with Gasteiger partial charge in [0, 0.05) is 11.3 Å². The molecule has 0 saturated carbocycles. The summed E-state index contributed by atoms with van der Waals surface area (Å²) in [6.07, 6.45) is 0.804. The molecule has 0 radical (unpaired) electrons. The van der Waals surface area contributed by atoms with Crippen LogP contribution in [0.3, 0.4) is 0 Å². The Morgan fingerprint density at radius 2 is 1.50 bits per heavy atom. The van der Waals surface area contributed by atoms with E-state index >= 15 is 0 Å². The molecule has 0 fully saturated rings. The summed E-state index contributed by atoms with van der Waals surface area (Å²) in [7, 11) is -3.75. The van der Waals surface area contributed by atoms with E-state index in [4.69, 9.17) is 0 Å². The van der Waals surface area contributed by atoms with Gasteiger partial charge >= 0.3 is 0 Å². The molecule has 2 N–H and O–H groups in total. The normalized spacial score (nSPS) is 11.2. The van der Waals surface area contributed by atoms with Crippen molar-refractivity contribution in [3.63, 3.8) is 0 Å². The van der Waals surface area contributed by atoms with Gasteiger partial charge in [-0.3, -0.25) is 9.52 Å². The second-order valence-corrected chi connectivity index (χ2v) is 8.98. The molecule has 6 heteroatoms. The molecule has 0 aliphatic carbocycles. The topological polar surface area (TPSA) is 75.3 Å². The SMILES string of the molecule is CCc1cccc(C)c1NC(=O)c1ccc(S(=O)(=O)Nc2cccc(C)c2C)cc1. The third-order valence-corrected chi connectivity index (χ3v) is 6.64. The highest BCUT2D eigenvalue weighted by molar-refractivity contribution is 7.92. The maximum Gasteiger partial charge on any atom is 0.261 e. The van der Waals surface area contributed by atoms with Crippen LogP contribution in [-0.2, 0) is 16.4 Å². The van der Waals surface area contributed by atoms with Crippen molar-refractivity contribution in [1.82, 2.24) is 0 Å². The second kappa shape index (κ2) is 8.71. The molecule has 5 nitrogen and oxygen atoms in total. The smallest absolute Gasteiger partial charge is 0.261 e. The van der Waals surface area contributed by atoms with Gasteiger partial charge in [-0.05, 0) is 79.8 Å². The predicted octanol–water partition coefficient (Wildman–Crippen LogP) is 5.23. The highest BCUT2D eigenvalue weighted by atomic mass is 32.2. The summed E-state index contributed by atoms with van der Waals surface area (Å²) < 4.78 is 28.1.